The van der Waals surface area contributed by atoms with Gasteiger partial charge in [-0.2, -0.15) is 0 Å². The molecule has 4 atom stereocenters. The molecule has 0 bridgehead atoms. The second-order valence-electron chi connectivity index (χ2n) is 8.28. The first-order valence-corrected chi connectivity index (χ1v) is 10.4. The summed E-state index contributed by atoms with van der Waals surface area (Å²) in [6.45, 7) is 6.11. The highest BCUT2D eigenvalue weighted by atomic mass is 16.2. The SMILES string of the molecule is CCCC1(c2ccccc2)NC(=O)N(CC(=O)NC2CCCC(C)C2C)C1=O. The average molecular weight is 386 g/mol. The molecule has 28 heavy (non-hydrogen) atoms. The summed E-state index contributed by atoms with van der Waals surface area (Å²) < 4.78 is 0. The number of nitrogens with zero attached hydrogens (tertiary/aromatic N) is 1. The predicted octanol–water partition coefficient (Wildman–Crippen LogP) is 3.17. The summed E-state index contributed by atoms with van der Waals surface area (Å²) in [5, 5.41) is 5.92. The van der Waals surface area contributed by atoms with Gasteiger partial charge in [0.1, 0.15) is 12.1 Å². The van der Waals surface area contributed by atoms with E-state index in [-0.39, 0.29) is 24.4 Å². The lowest BCUT2D eigenvalue weighted by Crippen LogP contribution is -2.49. The highest BCUT2D eigenvalue weighted by Gasteiger charge is 2.52. The summed E-state index contributed by atoms with van der Waals surface area (Å²) in [5.74, 6) is 0.343. The Labute approximate surface area is 167 Å². The Hall–Kier alpha value is -2.37. The number of imide groups is 1. The van der Waals surface area contributed by atoms with Gasteiger partial charge < -0.3 is 10.6 Å². The number of benzene rings is 1. The van der Waals surface area contributed by atoms with Crippen LogP contribution in [0.3, 0.4) is 0 Å². The molecule has 3 rings (SSSR count). The minimum Gasteiger partial charge on any atom is -0.352 e. The molecule has 1 heterocycles. The van der Waals surface area contributed by atoms with Crippen molar-refractivity contribution in [3.05, 3.63) is 35.9 Å². The Morgan fingerprint density at radius 3 is 2.61 bits per heavy atom. The Balaban J connectivity index is 1.73. The Bertz CT molecular complexity index is 736. The number of carbonyl (C=O) groups is 3. The maximum atomic E-state index is 13.2. The molecular formula is C22H31N3O3. The van der Waals surface area contributed by atoms with Crippen LogP contribution in [0.1, 0.15) is 58.4 Å². The Kier molecular flexibility index (Phi) is 6.06. The zero-order valence-corrected chi connectivity index (χ0v) is 17.0. The number of hydrogen-bond acceptors (Lipinski definition) is 3. The molecule has 1 aromatic rings. The van der Waals surface area contributed by atoms with E-state index in [2.05, 4.69) is 24.5 Å². The normalized spacial score (nSPS) is 30.2. The number of rotatable bonds is 6. The number of carbonyl (C=O) groups excluding carboxylic acids is 3. The van der Waals surface area contributed by atoms with E-state index in [0.717, 1.165) is 29.7 Å². The molecule has 1 saturated heterocycles. The summed E-state index contributed by atoms with van der Waals surface area (Å²) in [6.07, 6.45) is 4.45. The highest BCUT2D eigenvalue weighted by Crippen LogP contribution is 2.34. The molecule has 2 aliphatic rings. The van der Waals surface area contributed by atoms with Gasteiger partial charge in [-0.25, -0.2) is 4.79 Å². The van der Waals surface area contributed by atoms with Crippen LogP contribution in [0.25, 0.3) is 0 Å². The predicted molar refractivity (Wildman–Crippen MR) is 107 cm³/mol. The van der Waals surface area contributed by atoms with Gasteiger partial charge in [0.2, 0.25) is 5.91 Å². The lowest BCUT2D eigenvalue weighted by molar-refractivity contribution is -0.135. The van der Waals surface area contributed by atoms with Gasteiger partial charge in [-0.1, -0.05) is 70.4 Å². The van der Waals surface area contributed by atoms with Crippen LogP contribution in [-0.4, -0.2) is 35.3 Å². The first kappa shape index (κ1) is 20.4. The van der Waals surface area contributed by atoms with Crippen molar-refractivity contribution >= 4 is 17.8 Å². The minimum atomic E-state index is -1.08. The maximum absolute atomic E-state index is 13.2. The fourth-order valence-electron chi connectivity index (χ4n) is 4.56. The van der Waals surface area contributed by atoms with Crippen molar-refractivity contribution in [3.8, 4) is 0 Å². The zero-order valence-electron chi connectivity index (χ0n) is 17.0. The van der Waals surface area contributed by atoms with Gasteiger partial charge in [-0.05, 0) is 30.2 Å². The summed E-state index contributed by atoms with van der Waals surface area (Å²) in [4.78, 5) is 39.5. The van der Waals surface area contributed by atoms with Gasteiger partial charge in [-0.3, -0.25) is 14.5 Å². The Morgan fingerprint density at radius 2 is 1.93 bits per heavy atom. The third kappa shape index (κ3) is 3.77. The molecule has 0 spiro atoms. The van der Waals surface area contributed by atoms with E-state index in [0.29, 0.717) is 18.3 Å². The highest BCUT2D eigenvalue weighted by molar-refractivity contribution is 6.09. The van der Waals surface area contributed by atoms with Gasteiger partial charge >= 0.3 is 6.03 Å². The molecule has 2 N–H and O–H groups in total. The fourth-order valence-corrected chi connectivity index (χ4v) is 4.56. The van der Waals surface area contributed by atoms with Crippen molar-refractivity contribution < 1.29 is 14.4 Å². The van der Waals surface area contributed by atoms with Gasteiger partial charge in [0.05, 0.1) is 0 Å². The summed E-state index contributed by atoms with van der Waals surface area (Å²) in [6, 6.07) is 8.89. The van der Waals surface area contributed by atoms with E-state index >= 15 is 0 Å². The van der Waals surface area contributed by atoms with Crippen molar-refractivity contribution in [2.24, 2.45) is 11.8 Å². The molecule has 4 unspecified atom stereocenters. The molecule has 1 aliphatic heterocycles. The van der Waals surface area contributed by atoms with E-state index in [1.165, 1.54) is 6.42 Å². The molecule has 2 fully saturated rings. The maximum Gasteiger partial charge on any atom is 0.325 e. The molecule has 6 heteroatoms. The fraction of sp³-hybridized carbons (Fsp3) is 0.591. The standard InChI is InChI=1S/C22H31N3O3/c1-4-13-22(17-10-6-5-7-11-17)20(27)25(21(28)24-22)14-19(26)23-18-12-8-9-15(2)16(18)3/h5-7,10-11,15-16,18H,4,8-9,12-14H2,1-3H3,(H,23,26)(H,24,28). The first-order chi connectivity index (χ1) is 13.4. The quantitative estimate of drug-likeness (QED) is 0.738. The third-order valence-electron chi connectivity index (χ3n) is 6.42. The van der Waals surface area contributed by atoms with Gasteiger partial charge in [0.25, 0.3) is 5.91 Å². The summed E-state index contributed by atoms with van der Waals surface area (Å²) in [7, 11) is 0. The van der Waals surface area contributed by atoms with Crippen LogP contribution >= 0.6 is 0 Å². The summed E-state index contributed by atoms with van der Waals surface area (Å²) in [5.41, 5.74) is -0.326. The average Bonchev–Trinajstić information content (AvgIpc) is 2.91. The van der Waals surface area contributed by atoms with E-state index in [9.17, 15) is 14.4 Å². The molecule has 0 aromatic heterocycles. The number of nitrogens with one attached hydrogen (secondary N) is 2. The largest absolute Gasteiger partial charge is 0.352 e. The van der Waals surface area contributed by atoms with Gasteiger partial charge in [0.15, 0.2) is 0 Å². The van der Waals surface area contributed by atoms with Crippen LogP contribution in [-0.2, 0) is 15.1 Å². The number of amides is 4. The van der Waals surface area contributed by atoms with E-state index in [1.807, 2.05) is 37.3 Å². The molecule has 0 radical (unpaired) electrons. The minimum absolute atomic E-state index is 0.103. The van der Waals surface area contributed by atoms with Gasteiger partial charge in [0, 0.05) is 6.04 Å². The van der Waals surface area contributed by atoms with Crippen LogP contribution in [0.5, 0.6) is 0 Å². The topological polar surface area (TPSA) is 78.5 Å². The van der Waals surface area contributed by atoms with Crippen LogP contribution in [0.4, 0.5) is 4.79 Å². The third-order valence-corrected chi connectivity index (χ3v) is 6.42. The molecule has 1 aliphatic carbocycles. The first-order valence-electron chi connectivity index (χ1n) is 10.4. The van der Waals surface area contributed by atoms with Crippen LogP contribution < -0.4 is 10.6 Å². The summed E-state index contributed by atoms with van der Waals surface area (Å²) >= 11 is 0. The van der Waals surface area contributed by atoms with Crippen molar-refractivity contribution in [1.29, 1.82) is 0 Å². The molecule has 1 aromatic carbocycles. The van der Waals surface area contributed by atoms with E-state index < -0.39 is 11.6 Å². The lowest BCUT2D eigenvalue weighted by Gasteiger charge is -2.34. The second kappa shape index (κ2) is 8.33. The number of hydrogen-bond donors (Lipinski definition) is 2. The monoisotopic (exact) mass is 385 g/mol. The molecule has 6 nitrogen and oxygen atoms in total. The van der Waals surface area contributed by atoms with E-state index in [4.69, 9.17) is 0 Å². The van der Waals surface area contributed by atoms with Crippen molar-refractivity contribution in [2.45, 2.75) is 64.5 Å². The molecule has 4 amide bonds. The lowest BCUT2D eigenvalue weighted by atomic mass is 9.78. The second-order valence-corrected chi connectivity index (χ2v) is 8.28. The molecular weight excluding hydrogens is 354 g/mol. The van der Waals surface area contributed by atoms with Crippen LogP contribution in [0, 0.1) is 11.8 Å². The zero-order chi connectivity index (χ0) is 20.3. The number of urea groups is 1. The van der Waals surface area contributed by atoms with Gasteiger partial charge in [-0.15, -0.1) is 0 Å². The van der Waals surface area contributed by atoms with Crippen molar-refractivity contribution in [2.75, 3.05) is 6.54 Å². The van der Waals surface area contributed by atoms with Crippen LogP contribution in [0.2, 0.25) is 0 Å². The Morgan fingerprint density at radius 1 is 1.21 bits per heavy atom. The van der Waals surface area contributed by atoms with Crippen LogP contribution in [0.15, 0.2) is 30.3 Å². The molecule has 1 saturated carbocycles. The van der Waals surface area contributed by atoms with Crippen molar-refractivity contribution in [3.63, 3.8) is 0 Å². The van der Waals surface area contributed by atoms with E-state index in [1.54, 1.807) is 0 Å². The van der Waals surface area contributed by atoms with Crippen molar-refractivity contribution in [1.82, 2.24) is 15.5 Å². The smallest absolute Gasteiger partial charge is 0.325 e. The molecule has 152 valence electrons.